The third-order valence-electron chi connectivity index (χ3n) is 1.31. The van der Waals surface area contributed by atoms with Crippen LogP contribution in [0.15, 0.2) is 16.3 Å². The lowest BCUT2D eigenvalue weighted by Crippen LogP contribution is -2.08. The molecule has 0 amide bonds. The van der Waals surface area contributed by atoms with Crippen LogP contribution < -0.4 is 0 Å². The van der Waals surface area contributed by atoms with Gasteiger partial charge in [0, 0.05) is 17.4 Å². The van der Waals surface area contributed by atoms with Crippen LogP contribution in [-0.2, 0) is 9.47 Å². The Balaban J connectivity index is 2.40. The molecule has 3 nitrogen and oxygen atoms in total. The summed E-state index contributed by atoms with van der Waals surface area (Å²) in [5.74, 6) is -0.317. The molecule has 0 spiro atoms. The van der Waals surface area contributed by atoms with Crippen molar-refractivity contribution in [3.05, 3.63) is 16.3 Å². The zero-order chi connectivity index (χ0) is 9.68. The molecule has 5 heteroatoms. The van der Waals surface area contributed by atoms with E-state index in [4.69, 9.17) is 9.47 Å². The van der Waals surface area contributed by atoms with E-state index < -0.39 is 0 Å². The van der Waals surface area contributed by atoms with E-state index in [-0.39, 0.29) is 12.6 Å². The second-order valence-electron chi connectivity index (χ2n) is 2.30. The Morgan fingerprint density at radius 2 is 2.38 bits per heavy atom. The lowest BCUT2D eigenvalue weighted by atomic mass is 10.5. The molecule has 0 aromatic carbocycles. The number of carbonyl (C=O) groups is 1. The van der Waals surface area contributed by atoms with Gasteiger partial charge < -0.3 is 9.47 Å². The van der Waals surface area contributed by atoms with Crippen LogP contribution in [0.2, 0.25) is 0 Å². The number of esters is 1. The van der Waals surface area contributed by atoms with Crippen LogP contribution in [0.25, 0.3) is 0 Å². The summed E-state index contributed by atoms with van der Waals surface area (Å²) in [6, 6.07) is 1.68. The highest BCUT2D eigenvalue weighted by molar-refractivity contribution is 7.80. The van der Waals surface area contributed by atoms with E-state index in [2.05, 4.69) is 12.6 Å². The Hall–Kier alpha value is -0.520. The molecule has 0 aliphatic heterocycles. The molecule has 1 aromatic rings. The number of ether oxygens (including phenoxy) is 2. The van der Waals surface area contributed by atoms with Crippen LogP contribution in [0.1, 0.15) is 9.67 Å². The predicted octanol–water partition coefficient (Wildman–Crippen LogP) is 1.84. The van der Waals surface area contributed by atoms with Gasteiger partial charge in [0.25, 0.3) is 0 Å². The number of carbonyl (C=O) groups excluding carboxylic acids is 1. The molecule has 1 heterocycles. The van der Waals surface area contributed by atoms with E-state index in [0.29, 0.717) is 11.5 Å². The minimum Gasteiger partial charge on any atom is -0.459 e. The van der Waals surface area contributed by atoms with E-state index >= 15 is 0 Å². The maximum Gasteiger partial charge on any atom is 0.348 e. The lowest BCUT2D eigenvalue weighted by Gasteiger charge is -2.00. The Labute approximate surface area is 86.1 Å². The molecule has 1 aromatic heterocycles. The molecule has 0 saturated carbocycles. The van der Waals surface area contributed by atoms with Crippen molar-refractivity contribution >= 4 is 29.9 Å². The van der Waals surface area contributed by atoms with Gasteiger partial charge in [-0.3, -0.25) is 0 Å². The van der Waals surface area contributed by atoms with Gasteiger partial charge in [0.15, 0.2) is 0 Å². The zero-order valence-corrected chi connectivity index (χ0v) is 8.86. The molecule has 0 unspecified atom stereocenters. The van der Waals surface area contributed by atoms with Crippen molar-refractivity contribution in [3.8, 4) is 0 Å². The van der Waals surface area contributed by atoms with Crippen molar-refractivity contribution < 1.29 is 14.3 Å². The summed E-state index contributed by atoms with van der Waals surface area (Å²) < 4.78 is 9.64. The smallest absolute Gasteiger partial charge is 0.348 e. The summed E-state index contributed by atoms with van der Waals surface area (Å²) in [5.41, 5.74) is 0. The van der Waals surface area contributed by atoms with Crippen molar-refractivity contribution in [1.29, 1.82) is 0 Å². The van der Waals surface area contributed by atoms with Gasteiger partial charge in [0.2, 0.25) is 0 Å². The van der Waals surface area contributed by atoms with Gasteiger partial charge in [-0.2, -0.15) is 0 Å². The molecule has 0 aliphatic carbocycles. The van der Waals surface area contributed by atoms with Crippen molar-refractivity contribution in [2.24, 2.45) is 0 Å². The predicted molar refractivity (Wildman–Crippen MR) is 53.7 cm³/mol. The van der Waals surface area contributed by atoms with Gasteiger partial charge in [-0.1, -0.05) is 0 Å². The Morgan fingerprint density at radius 1 is 1.62 bits per heavy atom. The van der Waals surface area contributed by atoms with Gasteiger partial charge in [0.05, 0.1) is 6.61 Å². The summed E-state index contributed by atoms with van der Waals surface area (Å²) in [4.78, 5) is 12.6. The van der Waals surface area contributed by atoms with Crippen LogP contribution in [0, 0.1) is 0 Å². The molecule has 1 rings (SSSR count). The van der Waals surface area contributed by atoms with E-state index in [1.807, 2.05) is 0 Å². The topological polar surface area (TPSA) is 35.5 Å². The fourth-order valence-corrected chi connectivity index (χ4v) is 1.76. The van der Waals surface area contributed by atoms with E-state index in [0.717, 1.165) is 4.90 Å². The molecule has 0 radical (unpaired) electrons. The molecule has 0 atom stereocenters. The highest BCUT2D eigenvalue weighted by atomic mass is 32.1. The van der Waals surface area contributed by atoms with Crippen molar-refractivity contribution in [1.82, 2.24) is 0 Å². The van der Waals surface area contributed by atoms with Gasteiger partial charge in [-0.15, -0.1) is 24.0 Å². The van der Waals surface area contributed by atoms with E-state index in [1.54, 1.807) is 18.6 Å². The normalized spacial score (nSPS) is 10.0. The maximum atomic E-state index is 11.2. The number of methoxy groups -OCH3 is 1. The minimum absolute atomic E-state index is 0.287. The Bertz CT molecular complexity index is 283. The first-order chi connectivity index (χ1) is 6.24. The molecule has 0 saturated heterocycles. The van der Waals surface area contributed by atoms with Crippen molar-refractivity contribution in [3.63, 3.8) is 0 Å². The molecule has 0 fully saturated rings. The summed E-state index contributed by atoms with van der Waals surface area (Å²) in [5, 5.41) is 1.79. The monoisotopic (exact) mass is 218 g/mol. The average molecular weight is 218 g/mol. The number of hydrogen-bond acceptors (Lipinski definition) is 5. The number of hydrogen-bond donors (Lipinski definition) is 1. The van der Waals surface area contributed by atoms with Gasteiger partial charge in [0.1, 0.15) is 11.5 Å². The molecular formula is C8H10O3S2. The Kier molecular flexibility index (Phi) is 4.27. The minimum atomic E-state index is -0.317. The number of thiol groups is 1. The average Bonchev–Trinajstić information content (AvgIpc) is 2.52. The maximum absolute atomic E-state index is 11.2. The standard InChI is InChI=1S/C8H10O3S2/c1-10-2-3-11-8(9)7-4-6(12)5-13-7/h4-5,12H,2-3H2,1H3. The van der Waals surface area contributed by atoms with E-state index in [1.165, 1.54) is 11.3 Å². The van der Waals surface area contributed by atoms with E-state index in [9.17, 15) is 4.79 Å². The quantitative estimate of drug-likeness (QED) is 0.476. The Morgan fingerprint density at radius 3 is 2.92 bits per heavy atom. The van der Waals surface area contributed by atoms with Gasteiger partial charge in [-0.25, -0.2) is 4.79 Å². The molecule has 0 aliphatic rings. The van der Waals surface area contributed by atoms with Crippen LogP contribution >= 0.6 is 24.0 Å². The van der Waals surface area contributed by atoms with Crippen LogP contribution in [-0.4, -0.2) is 26.3 Å². The fraction of sp³-hybridized carbons (Fsp3) is 0.375. The first-order valence-corrected chi connectivity index (χ1v) is 5.00. The van der Waals surface area contributed by atoms with Crippen molar-refractivity contribution in [2.45, 2.75) is 4.90 Å². The fourth-order valence-electron chi connectivity index (χ4n) is 0.722. The number of thiophene rings is 1. The third-order valence-corrected chi connectivity index (χ3v) is 2.65. The molecule has 0 bridgehead atoms. The molecule has 72 valence electrons. The molecular weight excluding hydrogens is 208 g/mol. The molecule has 0 N–H and O–H groups in total. The second-order valence-corrected chi connectivity index (χ2v) is 3.73. The second kappa shape index (κ2) is 5.26. The van der Waals surface area contributed by atoms with Crippen molar-refractivity contribution in [2.75, 3.05) is 20.3 Å². The van der Waals surface area contributed by atoms with Crippen LogP contribution in [0.5, 0.6) is 0 Å². The third kappa shape index (κ3) is 3.38. The zero-order valence-electron chi connectivity index (χ0n) is 7.15. The van der Waals surface area contributed by atoms with Gasteiger partial charge >= 0.3 is 5.97 Å². The molecule has 13 heavy (non-hydrogen) atoms. The summed E-state index contributed by atoms with van der Waals surface area (Å²) in [6.07, 6.45) is 0. The first-order valence-electron chi connectivity index (χ1n) is 3.67. The summed E-state index contributed by atoms with van der Waals surface area (Å²) in [6.45, 7) is 0.708. The van der Waals surface area contributed by atoms with Crippen LogP contribution in [0.4, 0.5) is 0 Å². The largest absolute Gasteiger partial charge is 0.459 e. The highest BCUT2D eigenvalue weighted by Gasteiger charge is 2.08. The SMILES string of the molecule is COCCOC(=O)c1cc(S)cs1. The number of rotatable bonds is 4. The summed E-state index contributed by atoms with van der Waals surface area (Å²) >= 11 is 5.41. The van der Waals surface area contributed by atoms with Gasteiger partial charge in [-0.05, 0) is 6.07 Å². The highest BCUT2D eigenvalue weighted by Crippen LogP contribution is 2.18. The summed E-state index contributed by atoms with van der Waals surface area (Å²) in [7, 11) is 1.56. The van der Waals surface area contributed by atoms with Crippen LogP contribution in [0.3, 0.4) is 0 Å². The first kappa shape index (κ1) is 10.6. The lowest BCUT2D eigenvalue weighted by molar-refractivity contribution is 0.0393.